The van der Waals surface area contributed by atoms with Crippen LogP contribution in [-0.4, -0.2) is 11.4 Å². The van der Waals surface area contributed by atoms with Gasteiger partial charge in [0.15, 0.2) is 0 Å². The van der Waals surface area contributed by atoms with Gasteiger partial charge in [-0.2, -0.15) is 0 Å². The van der Waals surface area contributed by atoms with Crippen LogP contribution >= 0.6 is 22.7 Å². The van der Waals surface area contributed by atoms with Crippen molar-refractivity contribution in [3.63, 3.8) is 0 Å². The Kier molecular flexibility index (Phi) is 7.46. The zero-order valence-electron chi connectivity index (χ0n) is 40.4. The summed E-state index contributed by atoms with van der Waals surface area (Å²) in [5, 5.41) is 8.26. The molecular formula is C63H53BN2S2. The van der Waals surface area contributed by atoms with Gasteiger partial charge in [-0.3, -0.25) is 0 Å². The van der Waals surface area contributed by atoms with Gasteiger partial charge in [0.05, 0.1) is 11.0 Å². The van der Waals surface area contributed by atoms with Gasteiger partial charge >= 0.3 is 6.85 Å². The topological polar surface area (TPSA) is 8.17 Å². The minimum absolute atomic E-state index is 0.0352. The van der Waals surface area contributed by atoms with Gasteiger partial charge in [-0.25, -0.2) is 0 Å². The lowest BCUT2D eigenvalue weighted by atomic mass is 9.43. The minimum atomic E-state index is -0.157. The van der Waals surface area contributed by atoms with E-state index in [0.29, 0.717) is 0 Å². The molecule has 330 valence electrons. The summed E-state index contributed by atoms with van der Waals surface area (Å²) < 4.78 is 8.23. The van der Waals surface area contributed by atoms with Crippen LogP contribution in [-0.2, 0) is 21.7 Å². The zero-order chi connectivity index (χ0) is 46.1. The summed E-state index contributed by atoms with van der Waals surface area (Å²) in [6, 6.07) is 52.9. The monoisotopic (exact) mass is 912 g/mol. The van der Waals surface area contributed by atoms with Crippen molar-refractivity contribution in [2.45, 2.75) is 96.8 Å². The molecule has 0 atom stereocenters. The van der Waals surface area contributed by atoms with Gasteiger partial charge in [0.25, 0.3) is 0 Å². The summed E-state index contributed by atoms with van der Waals surface area (Å²) in [5.41, 5.74) is 22.1. The molecule has 2 aliphatic carbocycles. The lowest BCUT2D eigenvalue weighted by Crippen LogP contribution is -2.60. The molecule has 0 unspecified atom stereocenters. The normalized spacial score (nSPS) is 17.1. The smallest absolute Gasteiger partial charge is 0.333 e. The third-order valence-electron chi connectivity index (χ3n) is 17.4. The summed E-state index contributed by atoms with van der Waals surface area (Å²) in [7, 11) is 0. The molecule has 0 amide bonds. The molecular weight excluding hydrogens is 860 g/mol. The highest BCUT2D eigenvalue weighted by atomic mass is 32.1. The number of anilines is 2. The molecule has 0 fully saturated rings. The first-order chi connectivity index (χ1) is 32.6. The Balaban J connectivity index is 1.20. The van der Waals surface area contributed by atoms with Crippen LogP contribution in [0.15, 0.2) is 133 Å². The molecule has 0 N–H and O–H groups in total. The van der Waals surface area contributed by atoms with E-state index in [9.17, 15) is 0 Å². The molecule has 0 spiro atoms. The van der Waals surface area contributed by atoms with E-state index in [1.54, 1.807) is 0 Å². The van der Waals surface area contributed by atoms with E-state index in [2.05, 4.69) is 205 Å². The Labute approximate surface area is 407 Å². The molecule has 2 nitrogen and oxygen atoms in total. The van der Waals surface area contributed by atoms with Gasteiger partial charge in [-0.15, -0.1) is 22.7 Å². The molecule has 11 aromatic rings. The predicted octanol–water partition coefficient (Wildman–Crippen LogP) is 16.7. The first-order valence-corrected chi connectivity index (χ1v) is 26.4. The van der Waals surface area contributed by atoms with Crippen LogP contribution in [0, 0.1) is 0 Å². The number of thiophene rings is 2. The van der Waals surface area contributed by atoms with Crippen molar-refractivity contribution in [1.82, 2.24) is 4.57 Å². The molecule has 5 heterocycles. The highest BCUT2D eigenvalue weighted by Gasteiger charge is 2.48. The number of benzene rings is 8. The van der Waals surface area contributed by atoms with Crippen LogP contribution in [0.2, 0.25) is 0 Å². The van der Waals surface area contributed by atoms with Gasteiger partial charge in [-0.1, -0.05) is 141 Å². The van der Waals surface area contributed by atoms with E-state index >= 15 is 0 Å². The third-order valence-corrected chi connectivity index (χ3v) is 19.7. The number of fused-ring (bicyclic) bond motifs is 20. The summed E-state index contributed by atoms with van der Waals surface area (Å²) in [6.45, 7) is 21.8. The van der Waals surface area contributed by atoms with Crippen LogP contribution in [0.5, 0.6) is 0 Å². The average molecular weight is 913 g/mol. The van der Waals surface area contributed by atoms with E-state index < -0.39 is 0 Å². The van der Waals surface area contributed by atoms with Crippen molar-refractivity contribution in [1.29, 1.82) is 0 Å². The van der Waals surface area contributed by atoms with Crippen molar-refractivity contribution < 1.29 is 0 Å². The Morgan fingerprint density at radius 1 is 0.529 bits per heavy atom. The molecule has 4 aliphatic rings. The van der Waals surface area contributed by atoms with Gasteiger partial charge < -0.3 is 9.38 Å². The summed E-state index contributed by atoms with van der Waals surface area (Å²) in [5.74, 6) is 0. The van der Waals surface area contributed by atoms with E-state index in [0.717, 1.165) is 0 Å². The predicted molar refractivity (Wildman–Crippen MR) is 297 cm³/mol. The first-order valence-electron chi connectivity index (χ1n) is 24.7. The summed E-state index contributed by atoms with van der Waals surface area (Å²) >= 11 is 3.94. The van der Waals surface area contributed by atoms with Crippen molar-refractivity contribution in [3.05, 3.63) is 161 Å². The fourth-order valence-electron chi connectivity index (χ4n) is 13.6. The molecule has 2 aliphatic heterocycles. The molecule has 0 saturated heterocycles. The highest BCUT2D eigenvalue weighted by molar-refractivity contribution is 7.27. The Hall–Kier alpha value is -6.14. The van der Waals surface area contributed by atoms with E-state index in [-0.39, 0.29) is 28.5 Å². The van der Waals surface area contributed by atoms with Gasteiger partial charge in [0.2, 0.25) is 0 Å². The lowest BCUT2D eigenvalue weighted by Gasteiger charge is -2.43. The molecule has 0 saturated carbocycles. The molecule has 0 bridgehead atoms. The standard InChI is InChI=1S/C63H53BN2S2/c1-60(2,3)34-22-24-35(25-23-34)66-49-30-40-37-17-11-14-20-51(37)67-53(40)31-42(49)56-57-58-54(55-38-18-12-15-21-52(38)68-59(55)56)41-28-45-46(62(6,7)27-26-61(45,4)5)33-48(41)65(58)50-29-39-36-16-10-13-19-43(36)63(8,9)44(39)32-47(50)64(57)66/h10-25,28-33H,26-27H2,1-9H3. The number of rotatable bonds is 1. The van der Waals surface area contributed by atoms with Crippen LogP contribution in [0.1, 0.15) is 103 Å². The first kappa shape index (κ1) is 39.8. The largest absolute Gasteiger partial charge is 0.376 e. The molecule has 68 heavy (non-hydrogen) atoms. The van der Waals surface area contributed by atoms with Gasteiger partial charge in [0, 0.05) is 84.7 Å². The number of hydrogen-bond donors (Lipinski definition) is 0. The number of nitrogens with zero attached hydrogens (tertiary/aromatic N) is 2. The number of hydrogen-bond acceptors (Lipinski definition) is 3. The summed E-state index contributed by atoms with van der Waals surface area (Å²) in [4.78, 5) is 2.77. The quantitative estimate of drug-likeness (QED) is 0.149. The number of aromatic nitrogens is 1. The highest BCUT2D eigenvalue weighted by Crippen LogP contribution is 2.57. The third kappa shape index (κ3) is 4.89. The molecule has 3 aromatic heterocycles. The zero-order valence-corrected chi connectivity index (χ0v) is 42.0. The molecule has 0 radical (unpaired) electrons. The average Bonchev–Trinajstić information content (AvgIpc) is 4.05. The lowest BCUT2D eigenvalue weighted by molar-refractivity contribution is 0.332. The van der Waals surface area contributed by atoms with Crippen LogP contribution in [0.3, 0.4) is 0 Å². The van der Waals surface area contributed by atoms with Crippen molar-refractivity contribution in [3.8, 4) is 27.9 Å². The maximum atomic E-state index is 2.78. The fourth-order valence-corrected chi connectivity index (χ4v) is 16.1. The second-order valence-corrected chi connectivity index (χ2v) is 25.6. The Morgan fingerprint density at radius 2 is 1.21 bits per heavy atom. The maximum absolute atomic E-state index is 2.78. The summed E-state index contributed by atoms with van der Waals surface area (Å²) in [6.07, 6.45) is 2.36. The molecule has 15 rings (SSSR count). The van der Waals surface area contributed by atoms with E-state index in [4.69, 9.17) is 0 Å². The van der Waals surface area contributed by atoms with Gasteiger partial charge in [-0.05, 0) is 134 Å². The van der Waals surface area contributed by atoms with Crippen LogP contribution < -0.4 is 15.7 Å². The SMILES string of the molecule is CC(C)(C)c1ccc(N2B3c4cc5c(cc4-n4c6cc7c(cc6c6c8c(sc9ccccc98)c(c3c64)-c3cc4sc6ccccc6c4cc32)C(C)(C)CCC7(C)C)-c2ccccc2C5(C)C)cc1. The van der Waals surface area contributed by atoms with Crippen molar-refractivity contribution in [2.75, 3.05) is 4.81 Å². The Bertz CT molecular complexity index is 4110. The fraction of sp³-hybridized carbons (Fsp3) is 0.238. The van der Waals surface area contributed by atoms with Crippen molar-refractivity contribution >= 4 is 114 Å². The molecule has 5 heteroatoms. The van der Waals surface area contributed by atoms with E-state index in [1.807, 2.05) is 22.7 Å². The van der Waals surface area contributed by atoms with Crippen LogP contribution in [0.4, 0.5) is 11.4 Å². The molecule has 8 aromatic carbocycles. The van der Waals surface area contributed by atoms with E-state index in [1.165, 1.54) is 153 Å². The minimum Gasteiger partial charge on any atom is -0.376 e. The van der Waals surface area contributed by atoms with Crippen LogP contribution in [0.25, 0.3) is 90.1 Å². The Morgan fingerprint density at radius 3 is 1.96 bits per heavy atom. The maximum Gasteiger partial charge on any atom is 0.333 e. The second-order valence-electron chi connectivity index (χ2n) is 23.5. The second kappa shape index (κ2) is 12.7. The van der Waals surface area contributed by atoms with Gasteiger partial charge in [0.1, 0.15) is 0 Å². The van der Waals surface area contributed by atoms with Crippen molar-refractivity contribution in [2.24, 2.45) is 0 Å².